The van der Waals surface area contributed by atoms with Crippen molar-refractivity contribution in [3.8, 4) is 11.4 Å². The lowest BCUT2D eigenvalue weighted by Crippen LogP contribution is -1.99. The number of benzene rings is 2. The van der Waals surface area contributed by atoms with Crippen LogP contribution in [0, 0.1) is 6.92 Å². The topological polar surface area (TPSA) is 50.2 Å². The molecule has 4 nitrogen and oxygen atoms in total. The second-order valence-electron chi connectivity index (χ2n) is 5.15. The van der Waals surface area contributed by atoms with Gasteiger partial charge in [-0.15, -0.1) is 0 Å². The molecule has 1 N–H and O–H groups in total. The third-order valence-electron chi connectivity index (χ3n) is 3.22. The molecule has 24 heavy (non-hydrogen) atoms. The van der Waals surface area contributed by atoms with Crippen molar-refractivity contribution >= 4 is 43.9 Å². The molecule has 1 heterocycles. The van der Waals surface area contributed by atoms with E-state index in [2.05, 4.69) is 52.4 Å². The van der Waals surface area contributed by atoms with Crippen LogP contribution in [-0.4, -0.2) is 16.2 Å². The van der Waals surface area contributed by atoms with Gasteiger partial charge in [0, 0.05) is 26.3 Å². The van der Waals surface area contributed by atoms with Crippen molar-refractivity contribution in [2.24, 2.45) is 5.10 Å². The number of aryl methyl sites for hydroxylation is 1. The van der Waals surface area contributed by atoms with Gasteiger partial charge < -0.3 is 0 Å². The van der Waals surface area contributed by atoms with Crippen molar-refractivity contribution in [2.45, 2.75) is 6.92 Å². The van der Waals surface area contributed by atoms with Crippen molar-refractivity contribution in [1.82, 2.24) is 9.97 Å². The third-order valence-corrected chi connectivity index (χ3v) is 4.28. The largest absolute Gasteiger partial charge is 0.261 e. The average molecular weight is 446 g/mol. The molecular weight excluding hydrogens is 432 g/mol. The number of hydrogen-bond donors (Lipinski definition) is 1. The quantitative estimate of drug-likeness (QED) is 0.430. The second-order valence-corrected chi connectivity index (χ2v) is 6.98. The molecule has 0 bridgehead atoms. The van der Waals surface area contributed by atoms with Crippen LogP contribution in [0.3, 0.4) is 0 Å². The number of hydrogen-bond acceptors (Lipinski definition) is 4. The van der Waals surface area contributed by atoms with Crippen molar-refractivity contribution in [3.05, 3.63) is 74.8 Å². The van der Waals surface area contributed by atoms with Crippen LogP contribution in [0.1, 0.15) is 11.3 Å². The van der Waals surface area contributed by atoms with Crippen molar-refractivity contribution < 1.29 is 0 Å². The molecule has 0 saturated carbocycles. The fourth-order valence-corrected chi connectivity index (χ4v) is 2.60. The zero-order valence-electron chi connectivity index (χ0n) is 12.9. The van der Waals surface area contributed by atoms with Crippen LogP contribution >= 0.6 is 31.9 Å². The van der Waals surface area contributed by atoms with Crippen LogP contribution in [-0.2, 0) is 0 Å². The van der Waals surface area contributed by atoms with E-state index in [4.69, 9.17) is 0 Å². The highest BCUT2D eigenvalue weighted by molar-refractivity contribution is 9.10. The van der Waals surface area contributed by atoms with Crippen molar-refractivity contribution in [2.75, 3.05) is 5.43 Å². The van der Waals surface area contributed by atoms with E-state index in [0.717, 1.165) is 25.8 Å². The summed E-state index contributed by atoms with van der Waals surface area (Å²) in [4.78, 5) is 9.01. The molecule has 120 valence electrons. The lowest BCUT2D eigenvalue weighted by atomic mass is 10.2. The zero-order chi connectivity index (χ0) is 16.9. The Bertz CT molecular complexity index is 859. The van der Waals surface area contributed by atoms with Gasteiger partial charge in [0.2, 0.25) is 0 Å². The first-order valence-electron chi connectivity index (χ1n) is 7.26. The number of halogens is 2. The average Bonchev–Trinajstić information content (AvgIpc) is 2.57. The molecule has 2 aromatic carbocycles. The SMILES string of the molecule is Cc1cc(N/N=C/c2ccc(Br)cc2)nc(-c2ccc(Br)cc2)n1. The monoisotopic (exact) mass is 444 g/mol. The van der Waals surface area contributed by atoms with E-state index in [1.54, 1.807) is 6.21 Å². The molecule has 0 saturated heterocycles. The molecule has 6 heteroatoms. The standard InChI is InChI=1S/C18H14Br2N4/c1-12-10-17(24-21-11-13-2-6-15(19)7-3-13)23-18(22-12)14-4-8-16(20)9-5-14/h2-11H,1H3,(H,22,23,24)/b21-11+. The highest BCUT2D eigenvalue weighted by Crippen LogP contribution is 2.20. The first-order valence-corrected chi connectivity index (χ1v) is 8.85. The fraction of sp³-hybridized carbons (Fsp3) is 0.0556. The molecule has 0 unspecified atom stereocenters. The molecule has 0 radical (unpaired) electrons. The summed E-state index contributed by atoms with van der Waals surface area (Å²) < 4.78 is 2.06. The molecular formula is C18H14Br2N4. The van der Waals surface area contributed by atoms with Crippen LogP contribution < -0.4 is 5.43 Å². The smallest absolute Gasteiger partial charge is 0.161 e. The highest BCUT2D eigenvalue weighted by atomic mass is 79.9. The maximum absolute atomic E-state index is 4.52. The van der Waals surface area contributed by atoms with Gasteiger partial charge in [0.15, 0.2) is 11.6 Å². The van der Waals surface area contributed by atoms with Crippen LogP contribution in [0.4, 0.5) is 5.82 Å². The van der Waals surface area contributed by atoms with Gasteiger partial charge in [-0.3, -0.25) is 5.43 Å². The zero-order valence-corrected chi connectivity index (χ0v) is 16.0. The van der Waals surface area contributed by atoms with Gasteiger partial charge in [-0.25, -0.2) is 9.97 Å². The minimum atomic E-state index is 0.661. The Kier molecular flexibility index (Phi) is 5.37. The summed E-state index contributed by atoms with van der Waals surface area (Å²) >= 11 is 6.85. The van der Waals surface area contributed by atoms with Gasteiger partial charge in [0.05, 0.1) is 6.21 Å². The van der Waals surface area contributed by atoms with E-state index >= 15 is 0 Å². The first-order chi connectivity index (χ1) is 11.6. The van der Waals surface area contributed by atoms with Crippen molar-refractivity contribution in [1.29, 1.82) is 0 Å². The molecule has 0 spiro atoms. The van der Waals surface area contributed by atoms with E-state index in [1.807, 2.05) is 61.5 Å². The second kappa shape index (κ2) is 7.68. The summed E-state index contributed by atoms with van der Waals surface area (Å²) in [6, 6.07) is 17.7. The summed E-state index contributed by atoms with van der Waals surface area (Å²) in [5.41, 5.74) is 5.81. The lowest BCUT2D eigenvalue weighted by molar-refractivity contribution is 1.10. The van der Waals surface area contributed by atoms with Crippen LogP contribution in [0.5, 0.6) is 0 Å². The van der Waals surface area contributed by atoms with E-state index in [-0.39, 0.29) is 0 Å². The number of rotatable bonds is 4. The Labute approximate surface area is 157 Å². The molecule has 0 aliphatic rings. The molecule has 3 aromatic rings. The molecule has 0 aliphatic heterocycles. The number of nitrogens with zero attached hydrogens (tertiary/aromatic N) is 3. The predicted molar refractivity (Wildman–Crippen MR) is 105 cm³/mol. The van der Waals surface area contributed by atoms with Gasteiger partial charge in [0.25, 0.3) is 0 Å². The van der Waals surface area contributed by atoms with E-state index in [0.29, 0.717) is 11.6 Å². The van der Waals surface area contributed by atoms with Gasteiger partial charge in [-0.2, -0.15) is 5.10 Å². The van der Waals surface area contributed by atoms with Crippen LogP contribution in [0.15, 0.2) is 68.6 Å². The number of hydrazone groups is 1. The summed E-state index contributed by atoms with van der Waals surface area (Å²) in [6.07, 6.45) is 1.75. The first kappa shape index (κ1) is 16.8. The Hall–Kier alpha value is -2.05. The Balaban J connectivity index is 1.78. The molecule has 1 aromatic heterocycles. The van der Waals surface area contributed by atoms with Crippen LogP contribution in [0.2, 0.25) is 0 Å². The molecule has 0 aliphatic carbocycles. The maximum atomic E-state index is 4.52. The normalized spacial score (nSPS) is 11.0. The number of anilines is 1. The fourth-order valence-electron chi connectivity index (χ4n) is 2.08. The maximum Gasteiger partial charge on any atom is 0.161 e. The molecule has 0 fully saturated rings. The Morgan fingerprint density at radius 1 is 0.917 bits per heavy atom. The van der Waals surface area contributed by atoms with E-state index in [9.17, 15) is 0 Å². The Morgan fingerprint density at radius 2 is 1.54 bits per heavy atom. The van der Waals surface area contributed by atoms with Gasteiger partial charge >= 0.3 is 0 Å². The lowest BCUT2D eigenvalue weighted by Gasteiger charge is -2.05. The molecule has 3 rings (SSSR count). The minimum absolute atomic E-state index is 0.661. The van der Waals surface area contributed by atoms with Crippen molar-refractivity contribution in [3.63, 3.8) is 0 Å². The van der Waals surface area contributed by atoms with Gasteiger partial charge in [0.1, 0.15) is 0 Å². The van der Waals surface area contributed by atoms with Gasteiger partial charge in [-0.05, 0) is 36.8 Å². The molecule has 0 atom stereocenters. The summed E-state index contributed by atoms with van der Waals surface area (Å²) in [5, 5.41) is 4.24. The Morgan fingerprint density at radius 3 is 2.21 bits per heavy atom. The predicted octanol–water partition coefficient (Wildman–Crippen LogP) is 5.42. The highest BCUT2D eigenvalue weighted by Gasteiger charge is 2.04. The van der Waals surface area contributed by atoms with Crippen LogP contribution in [0.25, 0.3) is 11.4 Å². The summed E-state index contributed by atoms with van der Waals surface area (Å²) in [5.74, 6) is 1.33. The number of nitrogens with one attached hydrogen (secondary N) is 1. The van der Waals surface area contributed by atoms with Gasteiger partial charge in [-0.1, -0.05) is 56.1 Å². The summed E-state index contributed by atoms with van der Waals surface area (Å²) in [6.45, 7) is 1.94. The van der Waals surface area contributed by atoms with E-state index < -0.39 is 0 Å². The summed E-state index contributed by atoms with van der Waals surface area (Å²) in [7, 11) is 0. The number of aromatic nitrogens is 2. The van der Waals surface area contributed by atoms with E-state index in [1.165, 1.54) is 0 Å². The third kappa shape index (κ3) is 4.49. The molecule has 0 amide bonds. The minimum Gasteiger partial charge on any atom is -0.261 e.